The Hall–Kier alpha value is -3.71. The van der Waals surface area contributed by atoms with Gasteiger partial charge in [-0.3, -0.25) is 19.7 Å². The van der Waals surface area contributed by atoms with Crippen LogP contribution in [-0.4, -0.2) is 42.5 Å². The van der Waals surface area contributed by atoms with Crippen LogP contribution >= 0.6 is 0 Å². The van der Waals surface area contributed by atoms with Crippen LogP contribution in [0.4, 0.5) is 0 Å². The highest BCUT2D eigenvalue weighted by Crippen LogP contribution is 2.18. The van der Waals surface area contributed by atoms with Crippen LogP contribution in [0.25, 0.3) is 10.8 Å². The Morgan fingerprint density at radius 2 is 1.64 bits per heavy atom. The smallest absolute Gasteiger partial charge is 0.325 e. The number of carbonyl (C=O) groups is 3. The number of hydrogen-bond donors (Lipinski definition) is 3. The molecule has 1 aliphatic heterocycles. The summed E-state index contributed by atoms with van der Waals surface area (Å²) >= 11 is 0. The van der Waals surface area contributed by atoms with E-state index in [2.05, 4.69) is 16.0 Å². The number of nitrogens with one attached hydrogen (secondary N) is 3. The van der Waals surface area contributed by atoms with E-state index in [4.69, 9.17) is 4.74 Å². The van der Waals surface area contributed by atoms with Crippen LogP contribution in [0.1, 0.15) is 18.1 Å². The number of fused-ring (bicyclic) bond motifs is 1. The zero-order valence-electron chi connectivity index (χ0n) is 18.4. The summed E-state index contributed by atoms with van der Waals surface area (Å²) in [7, 11) is 0. The van der Waals surface area contributed by atoms with Crippen molar-refractivity contribution in [2.45, 2.75) is 38.0 Å². The summed E-state index contributed by atoms with van der Waals surface area (Å²) in [5.74, 6) is -1.14. The quantitative estimate of drug-likeness (QED) is 0.345. The summed E-state index contributed by atoms with van der Waals surface area (Å²) in [6.07, 6.45) is 0.327. The maximum absolute atomic E-state index is 13.0. The van der Waals surface area contributed by atoms with Gasteiger partial charge in [0.05, 0.1) is 6.61 Å². The Morgan fingerprint density at radius 3 is 2.39 bits per heavy atom. The molecular weight excluding hydrogens is 418 g/mol. The van der Waals surface area contributed by atoms with E-state index in [9.17, 15) is 14.4 Å². The Labute approximate surface area is 192 Å². The predicted octanol–water partition coefficient (Wildman–Crippen LogP) is 2.09. The number of ether oxygens (including phenoxy) is 1. The van der Waals surface area contributed by atoms with Gasteiger partial charge in [0, 0.05) is 13.0 Å². The first-order valence-corrected chi connectivity index (χ1v) is 11.1. The van der Waals surface area contributed by atoms with Crippen molar-refractivity contribution in [2.75, 3.05) is 6.61 Å². The van der Waals surface area contributed by atoms with Crippen molar-refractivity contribution < 1.29 is 19.1 Å². The van der Waals surface area contributed by atoms with Gasteiger partial charge in [-0.25, -0.2) is 0 Å². The predicted molar refractivity (Wildman–Crippen MR) is 125 cm³/mol. The van der Waals surface area contributed by atoms with E-state index in [-0.39, 0.29) is 12.5 Å². The van der Waals surface area contributed by atoms with Gasteiger partial charge in [-0.1, -0.05) is 72.8 Å². The molecule has 170 valence electrons. The van der Waals surface area contributed by atoms with Crippen molar-refractivity contribution in [1.82, 2.24) is 16.0 Å². The molecule has 0 aromatic heterocycles. The Bertz CT molecular complexity index is 1150. The van der Waals surface area contributed by atoms with Crippen LogP contribution in [0.3, 0.4) is 0 Å². The lowest BCUT2D eigenvalue weighted by atomic mass is 10.0. The van der Waals surface area contributed by atoms with Gasteiger partial charge in [0.15, 0.2) is 0 Å². The van der Waals surface area contributed by atoms with Crippen LogP contribution in [-0.2, 0) is 32.1 Å². The number of amides is 2. The topological polar surface area (TPSA) is 106 Å². The second-order valence-electron chi connectivity index (χ2n) is 8.02. The molecule has 3 aromatic carbocycles. The minimum absolute atomic E-state index is 0.248. The zero-order chi connectivity index (χ0) is 23.2. The summed E-state index contributed by atoms with van der Waals surface area (Å²) in [5.41, 5.74) is 1.90. The van der Waals surface area contributed by atoms with Crippen molar-refractivity contribution in [1.29, 1.82) is 0 Å². The molecule has 0 saturated carbocycles. The molecule has 7 heteroatoms. The first kappa shape index (κ1) is 22.5. The average molecular weight is 446 g/mol. The summed E-state index contributed by atoms with van der Waals surface area (Å²) in [5, 5.41) is 10.7. The SMILES string of the molecule is CCOC(=O)[C@H]1N[C@@H]1C(=O)N[C@@H](Cc1ccc2ccccc2c1)C(=O)NCc1ccccc1. The van der Waals surface area contributed by atoms with Crippen molar-refractivity contribution >= 4 is 28.6 Å². The number of rotatable bonds is 9. The van der Waals surface area contributed by atoms with Gasteiger partial charge in [-0.05, 0) is 28.8 Å². The molecule has 0 unspecified atom stereocenters. The molecule has 1 heterocycles. The fourth-order valence-electron chi connectivity index (χ4n) is 3.78. The van der Waals surface area contributed by atoms with E-state index in [1.54, 1.807) is 6.92 Å². The van der Waals surface area contributed by atoms with E-state index in [0.29, 0.717) is 13.0 Å². The lowest BCUT2D eigenvalue weighted by Gasteiger charge is -2.19. The molecule has 3 atom stereocenters. The van der Waals surface area contributed by atoms with Gasteiger partial charge < -0.3 is 15.4 Å². The Balaban J connectivity index is 1.46. The summed E-state index contributed by atoms with van der Waals surface area (Å²) in [6, 6.07) is 21.4. The number of benzene rings is 3. The maximum Gasteiger partial charge on any atom is 0.325 e. The highest BCUT2D eigenvalue weighted by Gasteiger charge is 2.49. The fraction of sp³-hybridized carbons (Fsp3) is 0.269. The van der Waals surface area contributed by atoms with Crippen LogP contribution in [0.15, 0.2) is 72.8 Å². The van der Waals surface area contributed by atoms with Gasteiger partial charge in [0.25, 0.3) is 0 Å². The monoisotopic (exact) mass is 445 g/mol. The van der Waals surface area contributed by atoms with E-state index in [1.165, 1.54) is 0 Å². The number of esters is 1. The van der Waals surface area contributed by atoms with Crippen LogP contribution in [0.5, 0.6) is 0 Å². The molecular formula is C26H27N3O4. The normalized spacial score (nSPS) is 17.7. The minimum atomic E-state index is -0.785. The molecule has 1 aliphatic rings. The summed E-state index contributed by atoms with van der Waals surface area (Å²) in [4.78, 5) is 37.7. The molecule has 1 fully saturated rings. The zero-order valence-corrected chi connectivity index (χ0v) is 18.4. The van der Waals surface area contributed by atoms with Crippen LogP contribution < -0.4 is 16.0 Å². The Kier molecular flexibility index (Phi) is 7.00. The van der Waals surface area contributed by atoms with Gasteiger partial charge >= 0.3 is 5.97 Å². The van der Waals surface area contributed by atoms with Gasteiger partial charge in [0.1, 0.15) is 18.1 Å². The minimum Gasteiger partial charge on any atom is -0.465 e. The third-order valence-corrected chi connectivity index (χ3v) is 5.60. The van der Waals surface area contributed by atoms with Crippen molar-refractivity contribution in [3.8, 4) is 0 Å². The fourth-order valence-corrected chi connectivity index (χ4v) is 3.78. The molecule has 0 radical (unpaired) electrons. The first-order valence-electron chi connectivity index (χ1n) is 11.1. The molecule has 2 amide bonds. The Morgan fingerprint density at radius 1 is 0.909 bits per heavy atom. The molecule has 3 aromatic rings. The summed E-state index contributed by atoms with van der Waals surface area (Å²) in [6.45, 7) is 2.32. The standard InChI is InChI=1S/C26H27N3O4/c1-2-33-26(32)23-22(29-23)25(31)28-21(24(30)27-16-17-8-4-3-5-9-17)15-18-12-13-19-10-6-7-11-20(19)14-18/h3-14,21-23,29H,2,15-16H2,1H3,(H,27,30)(H,28,31)/t21-,22-,23-/m0/s1. The molecule has 7 nitrogen and oxygen atoms in total. The lowest BCUT2D eigenvalue weighted by molar-refractivity contribution is -0.143. The van der Waals surface area contributed by atoms with Crippen molar-refractivity contribution in [3.05, 3.63) is 83.9 Å². The van der Waals surface area contributed by atoms with Gasteiger partial charge in [-0.2, -0.15) is 0 Å². The van der Waals surface area contributed by atoms with Gasteiger partial charge in [0.2, 0.25) is 11.8 Å². The van der Waals surface area contributed by atoms with Gasteiger partial charge in [-0.15, -0.1) is 0 Å². The molecule has 33 heavy (non-hydrogen) atoms. The second-order valence-corrected chi connectivity index (χ2v) is 8.02. The van der Waals surface area contributed by atoms with Crippen molar-refractivity contribution in [2.24, 2.45) is 0 Å². The van der Waals surface area contributed by atoms with E-state index < -0.39 is 30.0 Å². The number of hydrogen-bond acceptors (Lipinski definition) is 5. The highest BCUT2D eigenvalue weighted by molar-refractivity contribution is 5.97. The van der Waals surface area contributed by atoms with Crippen molar-refractivity contribution in [3.63, 3.8) is 0 Å². The average Bonchev–Trinajstić information content (AvgIpc) is 3.64. The van der Waals surface area contributed by atoms with E-state index >= 15 is 0 Å². The molecule has 0 aliphatic carbocycles. The molecule has 0 bridgehead atoms. The van der Waals surface area contributed by atoms with E-state index in [1.807, 2.05) is 72.8 Å². The molecule has 0 spiro atoms. The maximum atomic E-state index is 13.0. The molecule has 4 rings (SSSR count). The third kappa shape index (κ3) is 5.75. The van der Waals surface area contributed by atoms with Crippen LogP contribution in [0.2, 0.25) is 0 Å². The number of carbonyl (C=O) groups excluding carboxylic acids is 3. The first-order chi connectivity index (χ1) is 16.0. The third-order valence-electron chi connectivity index (χ3n) is 5.60. The van der Waals surface area contributed by atoms with Crippen LogP contribution in [0, 0.1) is 0 Å². The molecule has 1 saturated heterocycles. The van der Waals surface area contributed by atoms with E-state index in [0.717, 1.165) is 21.9 Å². The molecule has 3 N–H and O–H groups in total. The highest BCUT2D eigenvalue weighted by atomic mass is 16.5. The largest absolute Gasteiger partial charge is 0.465 e. The summed E-state index contributed by atoms with van der Waals surface area (Å²) < 4.78 is 4.96. The lowest BCUT2D eigenvalue weighted by Crippen LogP contribution is -2.49. The second kappa shape index (κ2) is 10.3.